The molecule has 0 bridgehead atoms. The zero-order valence-electron chi connectivity index (χ0n) is 23.8. The maximum absolute atomic E-state index is 15.9. The van der Waals surface area contributed by atoms with Crippen LogP contribution in [0.1, 0.15) is 58.2 Å². The summed E-state index contributed by atoms with van der Waals surface area (Å²) in [5.74, 6) is -2.02. The molecule has 0 radical (unpaired) electrons. The lowest BCUT2D eigenvalue weighted by Crippen LogP contribution is -2.33. The van der Waals surface area contributed by atoms with E-state index in [1.165, 1.54) is 18.6 Å². The second-order valence-electron chi connectivity index (χ2n) is 11.2. The molecular formula is C33H28F5N5O. The maximum Gasteiger partial charge on any atom is 0.416 e. The quantitative estimate of drug-likeness (QED) is 0.163. The average molecular weight is 606 g/mol. The van der Waals surface area contributed by atoms with Gasteiger partial charge in [0.1, 0.15) is 29.3 Å². The fourth-order valence-corrected chi connectivity index (χ4v) is 5.69. The molecule has 11 heteroatoms. The number of anilines is 1. The number of benzene rings is 2. The molecule has 2 aromatic carbocycles. The van der Waals surface area contributed by atoms with Crippen LogP contribution in [0, 0.1) is 17.6 Å². The summed E-state index contributed by atoms with van der Waals surface area (Å²) in [6.07, 6.45) is 1.35. The molecule has 1 saturated heterocycles. The highest BCUT2D eigenvalue weighted by Gasteiger charge is 2.33. The summed E-state index contributed by atoms with van der Waals surface area (Å²) in [6, 6.07) is 8.90. The number of ketones is 1. The number of halogens is 5. The highest BCUT2D eigenvalue weighted by Crippen LogP contribution is 2.37. The number of pyridine rings is 1. The van der Waals surface area contributed by atoms with Gasteiger partial charge in [-0.15, -0.1) is 0 Å². The summed E-state index contributed by atoms with van der Waals surface area (Å²) in [4.78, 5) is 32.5. The number of hydrogen-bond donors (Lipinski definition) is 0. The van der Waals surface area contributed by atoms with Crippen molar-refractivity contribution in [3.63, 3.8) is 0 Å². The van der Waals surface area contributed by atoms with E-state index in [2.05, 4.69) is 26.9 Å². The molecule has 226 valence electrons. The van der Waals surface area contributed by atoms with Crippen LogP contribution in [0.2, 0.25) is 0 Å². The number of rotatable bonds is 7. The number of nitrogens with zero attached hydrogens (tertiary/aromatic N) is 5. The predicted molar refractivity (Wildman–Crippen MR) is 156 cm³/mol. The molecule has 0 aliphatic carbocycles. The third-order valence-electron chi connectivity index (χ3n) is 8.23. The minimum absolute atomic E-state index is 0.123. The second-order valence-corrected chi connectivity index (χ2v) is 11.2. The zero-order chi connectivity index (χ0) is 31.0. The summed E-state index contributed by atoms with van der Waals surface area (Å²) in [6.45, 7) is 3.24. The topological polar surface area (TPSA) is 71.3 Å². The third-order valence-corrected chi connectivity index (χ3v) is 8.23. The van der Waals surface area contributed by atoms with Crippen LogP contribution in [0.25, 0.3) is 11.3 Å². The normalized spacial score (nSPS) is 15.1. The Labute approximate surface area is 250 Å². The molecule has 0 unspecified atom stereocenters. The Kier molecular flexibility index (Phi) is 7.96. The van der Waals surface area contributed by atoms with Gasteiger partial charge in [-0.2, -0.15) is 13.2 Å². The molecule has 0 spiro atoms. The first-order valence-corrected chi connectivity index (χ1v) is 14.4. The Balaban J connectivity index is 1.30. The fourth-order valence-electron chi connectivity index (χ4n) is 5.69. The summed E-state index contributed by atoms with van der Waals surface area (Å²) in [5.41, 5.74) is 1.42. The van der Waals surface area contributed by atoms with Crippen molar-refractivity contribution >= 4 is 23.4 Å². The van der Waals surface area contributed by atoms with Crippen molar-refractivity contribution in [3.8, 4) is 11.3 Å². The summed E-state index contributed by atoms with van der Waals surface area (Å²) in [7, 11) is 0. The van der Waals surface area contributed by atoms with E-state index in [4.69, 9.17) is 0 Å². The molecular weight excluding hydrogens is 577 g/mol. The fraction of sp³-hybridized carbons (Fsp3) is 0.303. The Morgan fingerprint density at radius 1 is 1.02 bits per heavy atom. The van der Waals surface area contributed by atoms with Gasteiger partial charge in [0.2, 0.25) is 0 Å². The molecule has 0 atom stereocenters. The van der Waals surface area contributed by atoms with Crippen LogP contribution in [-0.2, 0) is 25.4 Å². The van der Waals surface area contributed by atoms with Gasteiger partial charge in [0, 0.05) is 67.1 Å². The molecule has 44 heavy (non-hydrogen) atoms. The number of aromatic nitrogens is 3. The van der Waals surface area contributed by atoms with Crippen molar-refractivity contribution in [1.82, 2.24) is 15.0 Å². The Bertz CT molecular complexity index is 1760. The van der Waals surface area contributed by atoms with E-state index < -0.39 is 35.6 Å². The van der Waals surface area contributed by atoms with Crippen molar-refractivity contribution in [3.05, 3.63) is 100 Å². The van der Waals surface area contributed by atoms with E-state index in [1.807, 2.05) is 4.90 Å². The van der Waals surface area contributed by atoms with Crippen LogP contribution >= 0.6 is 0 Å². The van der Waals surface area contributed by atoms with Crippen molar-refractivity contribution in [1.29, 1.82) is 0 Å². The number of aliphatic imine (C=N–C) groups is 1. The second kappa shape index (κ2) is 11.9. The van der Waals surface area contributed by atoms with Gasteiger partial charge in [-0.25, -0.2) is 18.7 Å². The lowest BCUT2D eigenvalue weighted by molar-refractivity contribution is -0.137. The van der Waals surface area contributed by atoms with Gasteiger partial charge >= 0.3 is 6.18 Å². The molecule has 2 aliphatic rings. The Morgan fingerprint density at radius 2 is 1.82 bits per heavy atom. The molecule has 0 amide bonds. The van der Waals surface area contributed by atoms with Crippen LogP contribution in [0.4, 0.5) is 33.3 Å². The van der Waals surface area contributed by atoms with Gasteiger partial charge in [-0.3, -0.25) is 14.8 Å². The van der Waals surface area contributed by atoms with Gasteiger partial charge in [0.05, 0.1) is 17.0 Å². The van der Waals surface area contributed by atoms with Crippen LogP contribution < -0.4 is 4.90 Å². The van der Waals surface area contributed by atoms with Crippen molar-refractivity contribution in [2.24, 2.45) is 10.9 Å². The lowest BCUT2D eigenvalue weighted by Gasteiger charge is -2.32. The molecule has 4 aromatic rings. The highest BCUT2D eigenvalue weighted by atomic mass is 19.4. The van der Waals surface area contributed by atoms with E-state index in [9.17, 15) is 18.0 Å². The van der Waals surface area contributed by atoms with Crippen molar-refractivity contribution in [2.45, 2.75) is 45.2 Å². The molecule has 6 rings (SSSR count). The minimum atomic E-state index is -4.67. The lowest BCUT2D eigenvalue weighted by atomic mass is 9.95. The Hall–Kier alpha value is -4.54. The molecule has 6 nitrogen and oxygen atoms in total. The average Bonchev–Trinajstić information content (AvgIpc) is 3.50. The number of piperidine rings is 1. The number of carbonyl (C=O) groups excluding carboxylic acids is 1. The summed E-state index contributed by atoms with van der Waals surface area (Å²) in [5, 5.41) is 0. The van der Waals surface area contributed by atoms with Crippen LogP contribution in [0.5, 0.6) is 0 Å². The third kappa shape index (κ3) is 5.95. The van der Waals surface area contributed by atoms with Crippen LogP contribution in [-0.4, -0.2) is 40.0 Å². The first kappa shape index (κ1) is 29.5. The monoisotopic (exact) mass is 605 g/mol. The summed E-state index contributed by atoms with van der Waals surface area (Å²) < 4.78 is 72.4. The number of carbonyl (C=O) groups is 1. The van der Waals surface area contributed by atoms with Gasteiger partial charge in [-0.1, -0.05) is 13.0 Å². The minimum Gasteiger partial charge on any atom is -0.371 e. The van der Waals surface area contributed by atoms with Crippen molar-refractivity contribution in [2.75, 3.05) is 18.0 Å². The predicted octanol–water partition coefficient (Wildman–Crippen LogP) is 7.35. The SMILES string of the molecule is CC1CCN(c2cc(C(=O)Cc3ccc(F)c(Cc4ncccc4-c4ncnc5c4N=CC5)c3F)cc(C(F)(F)F)c2)CC1. The van der Waals surface area contributed by atoms with Gasteiger partial charge in [0.25, 0.3) is 0 Å². The summed E-state index contributed by atoms with van der Waals surface area (Å²) >= 11 is 0. The standard InChI is InChI=1S/C33H28F5N5O/c1-19-7-11-43(12-8-19)23-14-21(13-22(16-23)33(36,37)38)29(44)15-20-4-5-26(34)25(30(20)35)17-28-24(3-2-9-39-28)31-32-27(6-10-40-32)41-18-42-31/h2-5,9-10,13-14,16,18-19H,6-8,11-12,15,17H2,1H3. The molecule has 4 heterocycles. The van der Waals surface area contributed by atoms with E-state index in [0.717, 1.165) is 42.8 Å². The molecule has 0 saturated carbocycles. The first-order valence-electron chi connectivity index (χ1n) is 14.4. The number of hydrogen-bond acceptors (Lipinski definition) is 6. The van der Waals surface area contributed by atoms with Crippen LogP contribution in [0.3, 0.4) is 0 Å². The number of fused-ring (bicyclic) bond motifs is 1. The largest absolute Gasteiger partial charge is 0.416 e. The molecule has 2 aliphatic heterocycles. The van der Waals surface area contributed by atoms with E-state index >= 15 is 8.78 Å². The molecule has 2 aromatic heterocycles. The molecule has 1 fully saturated rings. The van der Waals surface area contributed by atoms with Gasteiger partial charge in [0.15, 0.2) is 5.78 Å². The van der Waals surface area contributed by atoms with E-state index in [0.29, 0.717) is 53.8 Å². The highest BCUT2D eigenvalue weighted by molar-refractivity contribution is 5.98. The number of alkyl halides is 3. The Morgan fingerprint density at radius 3 is 2.59 bits per heavy atom. The van der Waals surface area contributed by atoms with E-state index in [-0.39, 0.29) is 23.1 Å². The first-order chi connectivity index (χ1) is 21.1. The molecule has 0 N–H and O–H groups in total. The van der Waals surface area contributed by atoms with Crippen molar-refractivity contribution < 1.29 is 26.7 Å². The van der Waals surface area contributed by atoms with E-state index in [1.54, 1.807) is 18.3 Å². The van der Waals surface area contributed by atoms with Gasteiger partial charge < -0.3 is 4.90 Å². The number of Topliss-reactive ketones (excluding diaryl/α,β-unsaturated/α-hetero) is 1. The van der Waals surface area contributed by atoms with Crippen LogP contribution in [0.15, 0.2) is 60.0 Å². The van der Waals surface area contributed by atoms with Gasteiger partial charge in [-0.05, 0) is 60.7 Å². The smallest absolute Gasteiger partial charge is 0.371 e. The zero-order valence-corrected chi connectivity index (χ0v) is 23.8. The maximum atomic E-state index is 15.9.